The number of nitrogens with one attached hydrogen (secondary N) is 1. The van der Waals surface area contributed by atoms with E-state index in [0.717, 1.165) is 44.7 Å². The van der Waals surface area contributed by atoms with Crippen LogP contribution in [0.25, 0.3) is 11.3 Å². The summed E-state index contributed by atoms with van der Waals surface area (Å²) in [6.07, 6.45) is 5.75. The lowest BCUT2D eigenvalue weighted by atomic mass is 10.1. The van der Waals surface area contributed by atoms with Crippen LogP contribution < -0.4 is 5.32 Å². The molecule has 1 aromatic carbocycles. The Balaban J connectivity index is 1.52. The fourth-order valence-corrected chi connectivity index (χ4v) is 3.94. The van der Waals surface area contributed by atoms with Crippen LogP contribution in [0.5, 0.6) is 0 Å². The lowest BCUT2D eigenvalue weighted by molar-refractivity contribution is 0.0947. The topological polar surface area (TPSA) is 61.4 Å². The van der Waals surface area contributed by atoms with Gasteiger partial charge in [0.05, 0.1) is 11.3 Å². The Bertz CT molecular complexity index is 778. The number of benzene rings is 1. The van der Waals surface area contributed by atoms with E-state index in [0.29, 0.717) is 23.0 Å². The molecule has 1 aromatic heterocycles. The molecule has 0 radical (unpaired) electrons. The van der Waals surface area contributed by atoms with Crippen LogP contribution in [-0.2, 0) is 0 Å². The molecule has 0 bridgehead atoms. The first-order valence-corrected chi connectivity index (χ1v) is 11.6. The molecule has 156 valence electrons. The van der Waals surface area contributed by atoms with Crippen LogP contribution in [0.1, 0.15) is 30.1 Å². The van der Waals surface area contributed by atoms with Crippen LogP contribution >= 0.6 is 11.8 Å². The predicted molar refractivity (Wildman–Crippen MR) is 119 cm³/mol. The molecule has 1 N–H and O–H groups in total. The van der Waals surface area contributed by atoms with Crippen molar-refractivity contribution in [2.45, 2.75) is 24.9 Å². The van der Waals surface area contributed by atoms with Crippen LogP contribution in [0.2, 0.25) is 0 Å². The van der Waals surface area contributed by atoms with Crippen molar-refractivity contribution in [3.05, 3.63) is 42.1 Å². The van der Waals surface area contributed by atoms with Gasteiger partial charge in [0, 0.05) is 44.5 Å². The minimum Gasteiger partial charge on any atom is -0.352 e. The summed E-state index contributed by atoms with van der Waals surface area (Å²) < 4.78 is 0. The zero-order chi connectivity index (χ0) is 20.5. The highest BCUT2D eigenvalue weighted by Gasteiger charge is 2.17. The summed E-state index contributed by atoms with van der Waals surface area (Å²) in [4.78, 5) is 26.7. The number of rotatable bonds is 9. The summed E-state index contributed by atoms with van der Waals surface area (Å²) in [5.74, 6) is -0.107. The molecule has 1 aliphatic heterocycles. The van der Waals surface area contributed by atoms with Crippen molar-refractivity contribution in [3.8, 4) is 11.3 Å². The molecule has 0 saturated carbocycles. The zero-order valence-corrected chi connectivity index (χ0v) is 18.2. The summed E-state index contributed by atoms with van der Waals surface area (Å²) in [5, 5.41) is 3.72. The molecule has 6 nitrogen and oxygen atoms in total. The third kappa shape index (κ3) is 6.26. The van der Waals surface area contributed by atoms with Gasteiger partial charge in [-0.1, -0.05) is 49.0 Å². The molecular formula is C22H31N5OS. The molecule has 0 unspecified atom stereocenters. The Morgan fingerprint density at radius 1 is 1.10 bits per heavy atom. The van der Waals surface area contributed by atoms with E-state index < -0.39 is 0 Å². The van der Waals surface area contributed by atoms with Gasteiger partial charge < -0.3 is 15.1 Å². The van der Waals surface area contributed by atoms with Crippen molar-refractivity contribution < 1.29 is 4.79 Å². The van der Waals surface area contributed by atoms with Crippen LogP contribution in [0.3, 0.4) is 0 Å². The summed E-state index contributed by atoms with van der Waals surface area (Å²) in [6.45, 7) is 9.66. The SMILES string of the molecule is CCCN1CCN(CCCNC(=O)c2cnc(SC)nc2-c2ccccc2)CC1. The van der Waals surface area contributed by atoms with Gasteiger partial charge in [0.25, 0.3) is 5.91 Å². The Hall–Kier alpha value is -1.96. The highest BCUT2D eigenvalue weighted by molar-refractivity contribution is 7.98. The van der Waals surface area contributed by atoms with Crippen molar-refractivity contribution in [2.75, 3.05) is 52.1 Å². The first kappa shape index (κ1) is 21.7. The molecule has 1 fully saturated rings. The Morgan fingerprint density at radius 3 is 2.45 bits per heavy atom. The fourth-order valence-electron chi connectivity index (χ4n) is 3.60. The Kier molecular flexibility index (Phi) is 8.46. The van der Waals surface area contributed by atoms with Gasteiger partial charge in [-0.3, -0.25) is 4.79 Å². The molecule has 1 saturated heterocycles. The third-order valence-electron chi connectivity index (χ3n) is 5.18. The maximum absolute atomic E-state index is 12.8. The third-order valence-corrected chi connectivity index (χ3v) is 5.74. The van der Waals surface area contributed by atoms with Crippen LogP contribution in [0, 0.1) is 0 Å². The average molecular weight is 414 g/mol. The molecule has 2 heterocycles. The van der Waals surface area contributed by atoms with E-state index in [1.165, 1.54) is 24.7 Å². The van der Waals surface area contributed by atoms with Crippen molar-refractivity contribution in [2.24, 2.45) is 0 Å². The highest BCUT2D eigenvalue weighted by atomic mass is 32.2. The predicted octanol–water partition coefficient (Wildman–Crippen LogP) is 3.01. The number of piperazine rings is 1. The lowest BCUT2D eigenvalue weighted by Crippen LogP contribution is -2.47. The summed E-state index contributed by atoms with van der Waals surface area (Å²) in [5.41, 5.74) is 2.15. The number of hydrogen-bond acceptors (Lipinski definition) is 6. The molecule has 0 spiro atoms. The van der Waals surface area contributed by atoms with Gasteiger partial charge in [-0.2, -0.15) is 0 Å². The number of nitrogens with zero attached hydrogens (tertiary/aromatic N) is 4. The van der Waals surface area contributed by atoms with Gasteiger partial charge in [-0.15, -0.1) is 0 Å². The van der Waals surface area contributed by atoms with Gasteiger partial charge in [0.2, 0.25) is 0 Å². The molecular weight excluding hydrogens is 382 g/mol. The number of carbonyl (C=O) groups is 1. The van der Waals surface area contributed by atoms with E-state index in [4.69, 9.17) is 0 Å². The molecule has 0 atom stereocenters. The van der Waals surface area contributed by atoms with Crippen LogP contribution in [0.4, 0.5) is 0 Å². The Morgan fingerprint density at radius 2 is 1.79 bits per heavy atom. The van der Waals surface area contributed by atoms with Crippen LogP contribution in [0.15, 0.2) is 41.7 Å². The van der Waals surface area contributed by atoms with E-state index in [-0.39, 0.29) is 5.91 Å². The number of thioether (sulfide) groups is 1. The maximum Gasteiger partial charge on any atom is 0.255 e. The molecule has 1 amide bonds. The van der Waals surface area contributed by atoms with E-state index in [9.17, 15) is 4.79 Å². The van der Waals surface area contributed by atoms with E-state index in [1.54, 1.807) is 6.20 Å². The lowest BCUT2D eigenvalue weighted by Gasteiger charge is -2.34. The molecule has 7 heteroatoms. The minimum absolute atomic E-state index is 0.107. The van der Waals surface area contributed by atoms with Crippen molar-refractivity contribution in [3.63, 3.8) is 0 Å². The summed E-state index contributed by atoms with van der Waals surface area (Å²) >= 11 is 1.48. The van der Waals surface area contributed by atoms with Crippen molar-refractivity contribution in [1.29, 1.82) is 0 Å². The van der Waals surface area contributed by atoms with Crippen LogP contribution in [-0.4, -0.2) is 77.7 Å². The van der Waals surface area contributed by atoms with Gasteiger partial charge in [-0.05, 0) is 32.2 Å². The fraction of sp³-hybridized carbons (Fsp3) is 0.500. The zero-order valence-electron chi connectivity index (χ0n) is 17.4. The molecule has 3 rings (SSSR count). The summed E-state index contributed by atoms with van der Waals surface area (Å²) in [6, 6.07) is 9.82. The standard InChI is InChI=1S/C22H31N5OS/c1-3-11-26-13-15-27(16-14-26)12-7-10-23-21(28)19-17-24-22(29-2)25-20(19)18-8-5-4-6-9-18/h4-6,8-9,17H,3,7,10-16H2,1-2H3,(H,23,28). The normalized spacial score (nSPS) is 15.4. The quantitative estimate of drug-likeness (QED) is 0.387. The average Bonchev–Trinajstić information content (AvgIpc) is 2.78. The molecule has 1 aliphatic rings. The van der Waals surface area contributed by atoms with E-state index in [2.05, 4.69) is 32.0 Å². The van der Waals surface area contributed by atoms with Crippen molar-refractivity contribution in [1.82, 2.24) is 25.1 Å². The maximum atomic E-state index is 12.8. The smallest absolute Gasteiger partial charge is 0.255 e. The highest BCUT2D eigenvalue weighted by Crippen LogP contribution is 2.23. The molecule has 29 heavy (non-hydrogen) atoms. The second-order valence-corrected chi connectivity index (χ2v) is 8.05. The minimum atomic E-state index is -0.107. The van der Waals surface area contributed by atoms with Gasteiger partial charge in [-0.25, -0.2) is 9.97 Å². The first-order chi connectivity index (χ1) is 14.2. The number of carbonyl (C=O) groups excluding carboxylic acids is 1. The van der Waals surface area contributed by atoms with E-state index >= 15 is 0 Å². The number of amides is 1. The second-order valence-electron chi connectivity index (χ2n) is 7.28. The van der Waals surface area contributed by atoms with Gasteiger partial charge >= 0.3 is 0 Å². The molecule has 0 aliphatic carbocycles. The monoisotopic (exact) mass is 413 g/mol. The van der Waals surface area contributed by atoms with E-state index in [1.807, 2.05) is 36.6 Å². The number of hydrogen-bond donors (Lipinski definition) is 1. The molecule has 2 aromatic rings. The van der Waals surface area contributed by atoms with Crippen molar-refractivity contribution >= 4 is 17.7 Å². The van der Waals surface area contributed by atoms with Gasteiger partial charge in [0.1, 0.15) is 0 Å². The Labute approximate surface area is 178 Å². The second kappa shape index (κ2) is 11.3. The van der Waals surface area contributed by atoms with Gasteiger partial charge in [0.15, 0.2) is 5.16 Å². The first-order valence-electron chi connectivity index (χ1n) is 10.4. The largest absolute Gasteiger partial charge is 0.352 e. The number of aromatic nitrogens is 2. The summed E-state index contributed by atoms with van der Waals surface area (Å²) in [7, 11) is 0.